The van der Waals surface area contributed by atoms with E-state index in [0.29, 0.717) is 13.1 Å². The average Bonchev–Trinajstić information content (AvgIpc) is 2.53. The number of hydrogen-bond acceptors (Lipinski definition) is 3. The number of aliphatic hydroxyl groups is 1. The van der Waals surface area contributed by atoms with Gasteiger partial charge in [0, 0.05) is 31.8 Å². The van der Waals surface area contributed by atoms with Gasteiger partial charge in [-0.15, -0.1) is 0 Å². The molecular formula is C16H31N3O2. The number of rotatable bonds is 4. The molecule has 0 aromatic heterocycles. The third-order valence-electron chi connectivity index (χ3n) is 4.95. The molecule has 2 aliphatic heterocycles. The van der Waals surface area contributed by atoms with Crippen LogP contribution >= 0.6 is 0 Å². The van der Waals surface area contributed by atoms with Gasteiger partial charge in [-0.25, -0.2) is 4.79 Å². The zero-order valence-electron chi connectivity index (χ0n) is 13.6. The van der Waals surface area contributed by atoms with Crippen molar-refractivity contribution in [3.8, 4) is 0 Å². The maximum absolute atomic E-state index is 12.3. The van der Waals surface area contributed by atoms with Gasteiger partial charge in [-0.1, -0.05) is 6.42 Å². The van der Waals surface area contributed by atoms with Gasteiger partial charge in [0.25, 0.3) is 0 Å². The first kappa shape index (κ1) is 16.6. The lowest BCUT2D eigenvalue weighted by atomic mass is 9.98. The molecule has 0 saturated carbocycles. The number of carbonyl (C=O) groups is 1. The molecule has 0 aromatic carbocycles. The Kier molecular flexibility index (Phi) is 5.88. The molecule has 2 heterocycles. The Morgan fingerprint density at radius 1 is 1.19 bits per heavy atom. The van der Waals surface area contributed by atoms with Gasteiger partial charge < -0.3 is 15.3 Å². The summed E-state index contributed by atoms with van der Waals surface area (Å²) in [7, 11) is 0. The van der Waals surface area contributed by atoms with Crippen LogP contribution in [0.25, 0.3) is 0 Å². The van der Waals surface area contributed by atoms with E-state index in [1.54, 1.807) is 0 Å². The number of hydrogen-bond donors (Lipinski definition) is 2. The largest absolute Gasteiger partial charge is 0.396 e. The van der Waals surface area contributed by atoms with Crippen molar-refractivity contribution >= 4 is 6.03 Å². The van der Waals surface area contributed by atoms with Crippen molar-refractivity contribution in [2.24, 2.45) is 5.92 Å². The van der Waals surface area contributed by atoms with Crippen molar-refractivity contribution < 1.29 is 9.90 Å². The van der Waals surface area contributed by atoms with Crippen LogP contribution in [0, 0.1) is 5.92 Å². The summed E-state index contributed by atoms with van der Waals surface area (Å²) in [4.78, 5) is 16.7. The monoisotopic (exact) mass is 297 g/mol. The summed E-state index contributed by atoms with van der Waals surface area (Å²) in [6.07, 6.45) is 5.88. The molecule has 2 aliphatic rings. The standard InChI is InChI=1S/C16H31N3O2/c1-16(2,19-9-4-3-5-10-19)13-17-15(21)18-8-6-7-14(11-18)12-20/h14,20H,3-13H2,1-2H3,(H,17,21). The molecule has 1 unspecified atom stereocenters. The molecule has 0 aliphatic carbocycles. The van der Waals surface area contributed by atoms with Gasteiger partial charge in [0.05, 0.1) is 0 Å². The Bertz CT molecular complexity index is 340. The van der Waals surface area contributed by atoms with Crippen LogP contribution in [0.1, 0.15) is 46.0 Å². The molecule has 5 nitrogen and oxygen atoms in total. The van der Waals surface area contributed by atoms with Crippen molar-refractivity contribution in [1.82, 2.24) is 15.1 Å². The average molecular weight is 297 g/mol. The fourth-order valence-electron chi connectivity index (χ4n) is 3.41. The summed E-state index contributed by atoms with van der Waals surface area (Å²) in [6, 6.07) is 0.0261. The Balaban J connectivity index is 1.79. The van der Waals surface area contributed by atoms with Gasteiger partial charge in [0.1, 0.15) is 0 Å². The Hall–Kier alpha value is -0.810. The Labute approximate surface area is 128 Å². The van der Waals surface area contributed by atoms with Crippen molar-refractivity contribution in [3.05, 3.63) is 0 Å². The predicted octanol–water partition coefficient (Wildman–Crippen LogP) is 1.66. The normalized spacial score (nSPS) is 24.9. The van der Waals surface area contributed by atoms with E-state index in [9.17, 15) is 9.90 Å². The molecule has 2 fully saturated rings. The summed E-state index contributed by atoms with van der Waals surface area (Å²) in [5.41, 5.74) is 0.0161. The Morgan fingerprint density at radius 3 is 2.57 bits per heavy atom. The third kappa shape index (κ3) is 4.58. The van der Waals surface area contributed by atoms with Crippen LogP contribution in [0.15, 0.2) is 0 Å². The molecule has 0 spiro atoms. The maximum Gasteiger partial charge on any atom is 0.317 e. The van der Waals surface area contributed by atoms with E-state index < -0.39 is 0 Å². The van der Waals surface area contributed by atoms with E-state index in [0.717, 1.165) is 32.5 Å². The fourth-order valence-corrected chi connectivity index (χ4v) is 3.41. The molecule has 2 amide bonds. The molecule has 2 rings (SSSR count). The van der Waals surface area contributed by atoms with Crippen molar-refractivity contribution in [2.45, 2.75) is 51.5 Å². The fraction of sp³-hybridized carbons (Fsp3) is 0.938. The van der Waals surface area contributed by atoms with Crippen LogP contribution in [-0.4, -0.2) is 65.8 Å². The molecule has 0 bridgehead atoms. The number of amides is 2. The molecule has 0 aromatic rings. The second-order valence-electron chi connectivity index (χ2n) is 7.16. The summed E-state index contributed by atoms with van der Waals surface area (Å²) in [5.74, 6) is 0.250. The second-order valence-corrected chi connectivity index (χ2v) is 7.16. The number of carbonyl (C=O) groups excluding carboxylic acids is 1. The van der Waals surface area contributed by atoms with Crippen molar-refractivity contribution in [2.75, 3.05) is 39.3 Å². The van der Waals surface area contributed by atoms with Crippen LogP contribution in [-0.2, 0) is 0 Å². The highest BCUT2D eigenvalue weighted by molar-refractivity contribution is 5.74. The van der Waals surface area contributed by atoms with Gasteiger partial charge in [-0.3, -0.25) is 4.90 Å². The maximum atomic E-state index is 12.3. The summed E-state index contributed by atoms with van der Waals surface area (Å²) < 4.78 is 0. The van der Waals surface area contributed by atoms with Crippen LogP contribution in [0.5, 0.6) is 0 Å². The highest BCUT2D eigenvalue weighted by atomic mass is 16.3. The van der Waals surface area contributed by atoms with Crippen LogP contribution in [0.4, 0.5) is 4.79 Å². The van der Waals surface area contributed by atoms with Gasteiger partial charge in [-0.05, 0) is 58.5 Å². The van der Waals surface area contributed by atoms with Gasteiger partial charge in [0.2, 0.25) is 0 Å². The molecule has 2 saturated heterocycles. The minimum absolute atomic E-state index is 0.0161. The van der Waals surface area contributed by atoms with Gasteiger partial charge in [0.15, 0.2) is 0 Å². The van der Waals surface area contributed by atoms with Crippen LogP contribution in [0.3, 0.4) is 0 Å². The van der Waals surface area contributed by atoms with Crippen LogP contribution < -0.4 is 5.32 Å². The minimum Gasteiger partial charge on any atom is -0.396 e. The number of aliphatic hydroxyl groups excluding tert-OH is 1. The van der Waals surface area contributed by atoms with E-state index in [-0.39, 0.29) is 24.1 Å². The van der Waals surface area contributed by atoms with Crippen molar-refractivity contribution in [3.63, 3.8) is 0 Å². The van der Waals surface area contributed by atoms with E-state index in [4.69, 9.17) is 0 Å². The zero-order chi connectivity index (χ0) is 15.3. The molecule has 122 valence electrons. The second kappa shape index (κ2) is 7.45. The number of nitrogens with zero attached hydrogens (tertiary/aromatic N) is 2. The minimum atomic E-state index is 0.0161. The molecule has 0 radical (unpaired) electrons. The quantitative estimate of drug-likeness (QED) is 0.830. The van der Waals surface area contributed by atoms with Gasteiger partial charge in [-0.2, -0.15) is 0 Å². The Morgan fingerprint density at radius 2 is 1.90 bits per heavy atom. The highest BCUT2D eigenvalue weighted by Crippen LogP contribution is 2.20. The topological polar surface area (TPSA) is 55.8 Å². The lowest BCUT2D eigenvalue weighted by Crippen LogP contribution is -2.55. The first-order chi connectivity index (χ1) is 10.0. The smallest absolute Gasteiger partial charge is 0.317 e. The number of likely N-dealkylation sites (tertiary alicyclic amines) is 2. The molecule has 1 atom stereocenters. The SMILES string of the molecule is CC(C)(CNC(=O)N1CCCC(CO)C1)N1CCCCC1. The lowest BCUT2D eigenvalue weighted by Gasteiger charge is -2.41. The van der Waals surface area contributed by atoms with Gasteiger partial charge >= 0.3 is 6.03 Å². The van der Waals surface area contributed by atoms with E-state index >= 15 is 0 Å². The number of urea groups is 1. The molecular weight excluding hydrogens is 266 g/mol. The summed E-state index contributed by atoms with van der Waals surface area (Å²) in [5, 5.41) is 12.4. The highest BCUT2D eigenvalue weighted by Gasteiger charge is 2.29. The van der Waals surface area contributed by atoms with E-state index in [1.807, 2.05) is 4.90 Å². The van der Waals surface area contributed by atoms with E-state index in [1.165, 1.54) is 19.3 Å². The zero-order valence-corrected chi connectivity index (χ0v) is 13.6. The number of piperidine rings is 2. The summed E-state index contributed by atoms with van der Waals surface area (Å²) in [6.45, 7) is 9.07. The number of nitrogens with one attached hydrogen (secondary N) is 1. The molecule has 2 N–H and O–H groups in total. The third-order valence-corrected chi connectivity index (χ3v) is 4.95. The lowest BCUT2D eigenvalue weighted by molar-refractivity contribution is 0.0903. The molecule has 21 heavy (non-hydrogen) atoms. The predicted molar refractivity (Wildman–Crippen MR) is 84.3 cm³/mol. The first-order valence-corrected chi connectivity index (χ1v) is 8.41. The van der Waals surface area contributed by atoms with E-state index in [2.05, 4.69) is 24.1 Å². The van der Waals surface area contributed by atoms with Crippen molar-refractivity contribution in [1.29, 1.82) is 0 Å². The summed E-state index contributed by atoms with van der Waals surface area (Å²) >= 11 is 0. The molecule has 5 heteroatoms. The van der Waals surface area contributed by atoms with Crippen LogP contribution in [0.2, 0.25) is 0 Å². The first-order valence-electron chi connectivity index (χ1n) is 8.41.